The molecule has 23 nitrogen and oxygen atoms in total. The van der Waals surface area contributed by atoms with Gasteiger partial charge < -0.3 is 69.4 Å². The molecule has 0 aromatic carbocycles. The summed E-state index contributed by atoms with van der Waals surface area (Å²) in [6.07, 6.45) is 1.76. The first-order valence-corrected chi connectivity index (χ1v) is 20.6. The summed E-state index contributed by atoms with van der Waals surface area (Å²) in [5, 5.41) is 43.4. The predicted octanol–water partition coefficient (Wildman–Crippen LogP) is -4.40. The second-order valence-electron chi connectivity index (χ2n) is 13.4. The second-order valence-corrected chi connectivity index (χ2v) is 14.8. The molecule has 332 valence electrons. The summed E-state index contributed by atoms with van der Waals surface area (Å²) in [5.74, 6) is -8.85. The molecule has 1 aromatic rings. The highest BCUT2D eigenvalue weighted by molar-refractivity contribution is 7.98. The summed E-state index contributed by atoms with van der Waals surface area (Å²) in [6, 6.07) is -9.96. The Morgan fingerprint density at radius 2 is 1.31 bits per heavy atom. The number of aliphatic hydroxyl groups is 1. The fourth-order valence-corrected chi connectivity index (χ4v) is 6.00. The zero-order valence-electron chi connectivity index (χ0n) is 32.8. The van der Waals surface area contributed by atoms with E-state index in [0.29, 0.717) is 30.7 Å². The van der Waals surface area contributed by atoms with Crippen molar-refractivity contribution in [3.63, 3.8) is 0 Å². The van der Waals surface area contributed by atoms with Crippen LogP contribution in [0.5, 0.6) is 0 Å². The number of aromatic amines is 1. The smallest absolute Gasteiger partial charge is 0.326 e. The van der Waals surface area contributed by atoms with Gasteiger partial charge in [0.2, 0.25) is 41.4 Å². The maximum Gasteiger partial charge on any atom is 0.326 e. The van der Waals surface area contributed by atoms with Gasteiger partial charge in [-0.2, -0.15) is 24.4 Å². The first kappa shape index (κ1) is 52.0. The molecule has 7 amide bonds. The van der Waals surface area contributed by atoms with Gasteiger partial charge in [-0.15, -0.1) is 0 Å². The van der Waals surface area contributed by atoms with Gasteiger partial charge in [0.25, 0.3) is 0 Å². The fourth-order valence-electron chi connectivity index (χ4n) is 5.25. The number of carbonyl (C=O) groups is 9. The predicted molar refractivity (Wildman–Crippen MR) is 216 cm³/mol. The van der Waals surface area contributed by atoms with E-state index < -0.39 is 127 Å². The number of carbonyl (C=O) groups excluding carboxylic acids is 7. The number of nitrogens with one attached hydrogen (secondary N) is 7. The molecule has 0 unspecified atom stereocenters. The summed E-state index contributed by atoms with van der Waals surface area (Å²) in [6.45, 7) is 1.44. The minimum absolute atomic E-state index is 0.0343. The number of thiol groups is 1. The minimum atomic E-state index is -1.67. The van der Waals surface area contributed by atoms with Gasteiger partial charge in [0, 0.05) is 36.9 Å². The van der Waals surface area contributed by atoms with Crippen LogP contribution in [0.1, 0.15) is 64.0 Å². The van der Waals surface area contributed by atoms with Crippen LogP contribution in [0, 0.1) is 0 Å². The van der Waals surface area contributed by atoms with Gasteiger partial charge in [0.15, 0.2) is 0 Å². The van der Waals surface area contributed by atoms with Crippen molar-refractivity contribution in [3.8, 4) is 0 Å². The normalized spacial score (nSPS) is 15.1. The quantitative estimate of drug-likeness (QED) is 0.0256. The Morgan fingerprint density at radius 3 is 1.83 bits per heavy atom. The number of aliphatic hydroxyl groups excluding tert-OH is 1. The number of thioether (sulfide) groups is 1. The Hall–Kier alpha value is -4.98. The van der Waals surface area contributed by atoms with E-state index >= 15 is 0 Å². The maximum atomic E-state index is 13.9. The number of carboxylic acid groups (broad SMARTS) is 2. The molecule has 1 heterocycles. The van der Waals surface area contributed by atoms with Crippen LogP contribution in [-0.2, 0) is 49.6 Å². The summed E-state index contributed by atoms with van der Waals surface area (Å²) >= 11 is 5.60. The number of hydrogen-bond acceptors (Lipinski definition) is 15. The van der Waals surface area contributed by atoms with E-state index in [9.17, 15) is 53.4 Å². The van der Waals surface area contributed by atoms with Gasteiger partial charge in [-0.3, -0.25) is 38.4 Å². The Balaban J connectivity index is 3.35. The van der Waals surface area contributed by atoms with Gasteiger partial charge in [-0.25, -0.2) is 9.78 Å². The van der Waals surface area contributed by atoms with Crippen LogP contribution in [0.25, 0.3) is 0 Å². The van der Waals surface area contributed by atoms with Gasteiger partial charge >= 0.3 is 11.9 Å². The summed E-state index contributed by atoms with van der Waals surface area (Å²) in [4.78, 5) is 121. The van der Waals surface area contributed by atoms with Crippen LogP contribution in [0.4, 0.5) is 0 Å². The number of unbranched alkanes of at least 4 members (excludes halogenated alkanes) is 1. The standard InChI is InChI=1S/C34H57N11O12S2/c1-17(46)27(45-32(54)24(15-58)44-28(50)19(36)10-12-59-2)33(55)41-20(5-3-4-11-35)29(51)43-23(13-18-14-38-16-39-18)31(53)40-21(6-8-25(37)47)30(52)42-22(34(56)57)7-9-26(48)49/h14,16-17,19-24,27,46,58H,3-13,15,35-36H2,1-2H3,(H2,37,47)(H,38,39)(H,40,53)(H,41,55)(H,42,52)(H,43,51)(H,44,50)(H,45,54)(H,48,49)(H,56,57)/t17-,19+,20+,21+,22+,23+,24+,27+/m1/s1. The van der Waals surface area contributed by atoms with Crippen LogP contribution in [0.2, 0.25) is 0 Å². The summed E-state index contributed by atoms with van der Waals surface area (Å²) < 4.78 is 0. The third-order valence-corrected chi connectivity index (χ3v) is 9.62. The fraction of sp³-hybridized carbons (Fsp3) is 0.647. The van der Waals surface area contributed by atoms with Crippen molar-refractivity contribution < 1.29 is 58.5 Å². The van der Waals surface area contributed by atoms with Crippen LogP contribution in [0.3, 0.4) is 0 Å². The highest BCUT2D eigenvalue weighted by Crippen LogP contribution is 2.09. The third-order valence-electron chi connectivity index (χ3n) is 8.61. The SMILES string of the molecule is CSCC[C@H](N)C(=O)N[C@@H](CS)C(=O)N[C@H](C(=O)N[C@@H](CCCCN)C(=O)N[C@@H](Cc1cnc[nH]1)C(=O)N[C@@H](CCC(N)=O)C(=O)N[C@@H](CCC(=O)O)C(=O)O)[C@@H](C)O. The molecule has 0 saturated carbocycles. The average Bonchev–Trinajstić information content (AvgIpc) is 3.69. The second kappa shape index (κ2) is 27.7. The molecule has 0 aliphatic heterocycles. The number of carboxylic acids is 2. The summed E-state index contributed by atoms with van der Waals surface area (Å²) in [5.41, 5.74) is 17.1. The monoisotopic (exact) mass is 875 g/mol. The molecule has 1 rings (SSSR count). The Bertz CT molecular complexity index is 1570. The topological polar surface area (TPSA) is 393 Å². The number of imidazole rings is 1. The highest BCUT2D eigenvalue weighted by atomic mass is 32.2. The third kappa shape index (κ3) is 20.0. The largest absolute Gasteiger partial charge is 0.481 e. The van der Waals surface area contributed by atoms with E-state index in [0.717, 1.165) is 0 Å². The molecule has 16 N–H and O–H groups in total. The van der Waals surface area contributed by atoms with Crippen molar-refractivity contribution in [2.75, 3.05) is 24.3 Å². The van der Waals surface area contributed by atoms with Crippen LogP contribution < -0.4 is 49.1 Å². The lowest BCUT2D eigenvalue weighted by Crippen LogP contribution is -2.62. The van der Waals surface area contributed by atoms with E-state index in [1.807, 2.05) is 6.26 Å². The van der Waals surface area contributed by atoms with Gasteiger partial charge in [-0.05, 0) is 64.0 Å². The van der Waals surface area contributed by atoms with Crippen molar-refractivity contribution in [2.45, 2.75) is 113 Å². The molecule has 0 spiro atoms. The molecule has 0 aliphatic rings. The molecule has 0 saturated heterocycles. The zero-order chi connectivity index (χ0) is 44.7. The molecule has 25 heteroatoms. The zero-order valence-corrected chi connectivity index (χ0v) is 34.5. The molecule has 0 aliphatic carbocycles. The Labute approximate surface area is 350 Å². The number of primary amides is 1. The molecule has 0 fully saturated rings. The van der Waals surface area contributed by atoms with Crippen molar-refractivity contribution >= 4 is 77.7 Å². The number of aromatic nitrogens is 2. The number of nitrogens with zero attached hydrogens (tertiary/aromatic N) is 1. The first-order chi connectivity index (χ1) is 27.8. The summed E-state index contributed by atoms with van der Waals surface area (Å²) in [7, 11) is 0. The number of nitrogens with two attached hydrogens (primary N) is 3. The molecule has 0 radical (unpaired) electrons. The number of rotatable bonds is 30. The molecule has 0 bridgehead atoms. The van der Waals surface area contributed by atoms with E-state index in [1.54, 1.807) is 0 Å². The molecular weight excluding hydrogens is 819 g/mol. The lowest BCUT2D eigenvalue weighted by Gasteiger charge is -2.28. The van der Waals surface area contributed by atoms with Crippen LogP contribution in [-0.4, -0.2) is 151 Å². The van der Waals surface area contributed by atoms with Gasteiger partial charge in [0.05, 0.1) is 18.5 Å². The van der Waals surface area contributed by atoms with E-state index in [2.05, 4.69) is 54.5 Å². The lowest BCUT2D eigenvalue weighted by molar-refractivity contribution is -0.143. The van der Waals surface area contributed by atoms with E-state index in [4.69, 9.17) is 22.3 Å². The van der Waals surface area contributed by atoms with Crippen molar-refractivity contribution in [3.05, 3.63) is 18.2 Å². The first-order valence-electron chi connectivity index (χ1n) is 18.6. The Morgan fingerprint density at radius 1 is 0.763 bits per heavy atom. The van der Waals surface area contributed by atoms with E-state index in [1.165, 1.54) is 31.2 Å². The maximum absolute atomic E-state index is 13.9. The average molecular weight is 876 g/mol. The number of H-pyrrole nitrogens is 1. The lowest BCUT2D eigenvalue weighted by atomic mass is 10.0. The number of aliphatic carboxylic acids is 2. The number of hydrogen-bond donors (Lipinski definition) is 14. The van der Waals surface area contributed by atoms with Gasteiger partial charge in [-0.1, -0.05) is 0 Å². The van der Waals surface area contributed by atoms with E-state index in [-0.39, 0.29) is 25.1 Å². The van der Waals surface area contributed by atoms with Crippen LogP contribution in [0.15, 0.2) is 12.5 Å². The van der Waals surface area contributed by atoms with Crippen molar-refractivity contribution in [2.24, 2.45) is 17.2 Å². The highest BCUT2D eigenvalue weighted by Gasteiger charge is 2.35. The Kier molecular flexibility index (Phi) is 24.4. The minimum Gasteiger partial charge on any atom is -0.481 e. The van der Waals surface area contributed by atoms with Crippen molar-refractivity contribution in [1.82, 2.24) is 41.9 Å². The number of amides is 7. The molecule has 8 atom stereocenters. The van der Waals surface area contributed by atoms with Gasteiger partial charge in [0.1, 0.15) is 36.3 Å². The van der Waals surface area contributed by atoms with Crippen LogP contribution >= 0.6 is 24.4 Å². The molecular formula is C34H57N11O12S2. The van der Waals surface area contributed by atoms with Crippen molar-refractivity contribution in [1.29, 1.82) is 0 Å². The molecule has 1 aromatic heterocycles. The molecule has 59 heavy (non-hydrogen) atoms.